The molecule has 0 saturated carbocycles. The van der Waals surface area contributed by atoms with Crippen molar-refractivity contribution in [1.29, 1.82) is 0 Å². The highest BCUT2D eigenvalue weighted by atomic mass is 35.5. The molecule has 0 aliphatic heterocycles. The van der Waals surface area contributed by atoms with Crippen LogP contribution in [0.4, 0.5) is 0 Å². The first-order valence-corrected chi connectivity index (χ1v) is 6.08. The van der Waals surface area contributed by atoms with Gasteiger partial charge in [-0.05, 0) is 24.3 Å². The van der Waals surface area contributed by atoms with Gasteiger partial charge in [0.05, 0.1) is 16.3 Å². The first-order valence-electron chi connectivity index (χ1n) is 5.33. The second-order valence-corrected chi connectivity index (χ2v) is 4.44. The van der Waals surface area contributed by atoms with Gasteiger partial charge in [-0.3, -0.25) is 0 Å². The second kappa shape index (κ2) is 5.91. The molecule has 2 aromatic rings. The van der Waals surface area contributed by atoms with E-state index in [1.165, 1.54) is 13.2 Å². The molecule has 0 aliphatic carbocycles. The Labute approximate surface area is 119 Å². The van der Waals surface area contributed by atoms with Crippen molar-refractivity contribution in [3.63, 3.8) is 0 Å². The minimum atomic E-state index is -0.524. The summed E-state index contributed by atoms with van der Waals surface area (Å²) in [5.41, 5.74) is 0.990. The van der Waals surface area contributed by atoms with Crippen molar-refractivity contribution < 1.29 is 14.0 Å². The highest BCUT2D eigenvalue weighted by Crippen LogP contribution is 2.24. The van der Waals surface area contributed by atoms with Crippen molar-refractivity contribution in [3.8, 4) is 0 Å². The number of hydrogen-bond donors (Lipinski definition) is 0. The molecule has 19 heavy (non-hydrogen) atoms. The number of carbonyl (C=O) groups excluding carboxylic acids is 1. The molecular weight excluding hydrogens is 289 g/mol. The number of benzene rings is 1. The smallest absolute Gasteiger partial charge is 0.332 e. The molecule has 6 heteroatoms. The summed E-state index contributed by atoms with van der Waals surface area (Å²) in [4.78, 5) is 15.5. The Morgan fingerprint density at radius 3 is 2.63 bits per heavy atom. The van der Waals surface area contributed by atoms with Crippen molar-refractivity contribution in [1.82, 2.24) is 0 Å². The summed E-state index contributed by atoms with van der Waals surface area (Å²) in [6, 6.07) is 8.36. The molecule has 1 aromatic heterocycles. The summed E-state index contributed by atoms with van der Waals surface area (Å²) < 4.78 is 5.25. The molecule has 0 fully saturated rings. The zero-order valence-corrected chi connectivity index (χ0v) is 11.4. The van der Waals surface area contributed by atoms with Crippen LogP contribution in [0.15, 0.2) is 46.2 Å². The minimum Gasteiger partial charge on any atom is -0.463 e. The van der Waals surface area contributed by atoms with Crippen LogP contribution < -0.4 is 0 Å². The Morgan fingerprint density at radius 1 is 1.26 bits per heavy atom. The van der Waals surface area contributed by atoms with Gasteiger partial charge in [-0.1, -0.05) is 34.4 Å². The lowest BCUT2D eigenvalue weighted by atomic mass is 10.1. The number of oxime groups is 1. The monoisotopic (exact) mass is 297 g/mol. The normalized spacial score (nSPS) is 11.4. The summed E-state index contributed by atoms with van der Waals surface area (Å²) in [7, 11) is 0. The average Bonchev–Trinajstić information content (AvgIpc) is 2.87. The Kier molecular flexibility index (Phi) is 4.24. The molecule has 0 spiro atoms. The van der Waals surface area contributed by atoms with E-state index in [-0.39, 0.29) is 0 Å². The van der Waals surface area contributed by atoms with E-state index < -0.39 is 5.97 Å². The van der Waals surface area contributed by atoms with Gasteiger partial charge in [-0.2, -0.15) is 0 Å². The van der Waals surface area contributed by atoms with E-state index in [4.69, 9.17) is 27.6 Å². The number of furan rings is 1. The fourth-order valence-corrected chi connectivity index (χ4v) is 1.70. The molecule has 1 aromatic carbocycles. The molecule has 1 heterocycles. The maximum absolute atomic E-state index is 10.9. The number of halogens is 2. The van der Waals surface area contributed by atoms with Crippen molar-refractivity contribution in [2.45, 2.75) is 6.92 Å². The summed E-state index contributed by atoms with van der Waals surface area (Å²) >= 11 is 11.8. The molecule has 0 saturated heterocycles. The molecule has 98 valence electrons. The molecule has 0 N–H and O–H groups in total. The summed E-state index contributed by atoms with van der Waals surface area (Å²) in [6.45, 7) is 1.26. The molecule has 0 bridgehead atoms. The molecule has 0 unspecified atom stereocenters. The van der Waals surface area contributed by atoms with E-state index in [1.54, 1.807) is 30.3 Å². The van der Waals surface area contributed by atoms with Crippen LogP contribution in [-0.2, 0) is 9.63 Å². The van der Waals surface area contributed by atoms with E-state index in [2.05, 4.69) is 9.99 Å². The maximum atomic E-state index is 10.9. The second-order valence-electron chi connectivity index (χ2n) is 3.63. The zero-order chi connectivity index (χ0) is 13.8. The van der Waals surface area contributed by atoms with Gasteiger partial charge < -0.3 is 9.25 Å². The van der Waals surface area contributed by atoms with Crippen LogP contribution >= 0.6 is 23.2 Å². The van der Waals surface area contributed by atoms with E-state index >= 15 is 0 Å². The molecule has 4 nitrogen and oxygen atoms in total. The van der Waals surface area contributed by atoms with E-state index in [0.717, 1.165) is 0 Å². The third kappa shape index (κ3) is 3.36. The Morgan fingerprint density at radius 2 is 2.05 bits per heavy atom. The molecular formula is C13H9Cl2NO3. The fraction of sp³-hybridized carbons (Fsp3) is 0.0769. The predicted molar refractivity (Wildman–Crippen MR) is 72.6 cm³/mol. The summed E-state index contributed by atoms with van der Waals surface area (Å²) in [5.74, 6) is -0.0660. The highest BCUT2D eigenvalue weighted by molar-refractivity contribution is 6.42. The van der Waals surface area contributed by atoms with E-state index in [9.17, 15) is 4.79 Å². The van der Waals surface area contributed by atoms with Gasteiger partial charge in [0.2, 0.25) is 0 Å². The van der Waals surface area contributed by atoms with E-state index in [1.807, 2.05) is 0 Å². The number of carbonyl (C=O) groups is 1. The van der Waals surface area contributed by atoms with Gasteiger partial charge in [0, 0.05) is 12.5 Å². The van der Waals surface area contributed by atoms with Crippen molar-refractivity contribution in [2.75, 3.05) is 0 Å². The minimum absolute atomic E-state index is 0.360. The van der Waals surface area contributed by atoms with Gasteiger partial charge in [0.25, 0.3) is 0 Å². The number of nitrogens with zero attached hydrogens (tertiary/aromatic N) is 1. The molecule has 0 radical (unpaired) electrons. The van der Waals surface area contributed by atoms with Crippen LogP contribution in [-0.4, -0.2) is 11.7 Å². The lowest BCUT2D eigenvalue weighted by molar-refractivity contribution is -0.140. The predicted octanol–water partition coefficient (Wildman–Crippen LogP) is 3.90. The van der Waals surface area contributed by atoms with Gasteiger partial charge in [0.1, 0.15) is 0 Å². The third-order valence-corrected chi connectivity index (χ3v) is 2.95. The van der Waals surface area contributed by atoms with Crippen molar-refractivity contribution in [3.05, 3.63) is 58.0 Å². The van der Waals surface area contributed by atoms with Crippen LogP contribution in [0.25, 0.3) is 0 Å². The topological polar surface area (TPSA) is 51.8 Å². The quantitative estimate of drug-likeness (QED) is 0.490. The fourth-order valence-electron chi connectivity index (χ4n) is 1.41. The Bertz CT molecular complexity index is 621. The standard InChI is InChI=1S/C13H9Cl2NO3/c1-8(17)19-16-13(12-3-2-6-18-12)9-4-5-10(14)11(15)7-9/h2-7H,1H3/b16-13-. The summed E-state index contributed by atoms with van der Waals surface area (Å²) in [5, 5.41) is 4.58. The lowest BCUT2D eigenvalue weighted by Crippen LogP contribution is -2.05. The van der Waals surface area contributed by atoms with Crippen molar-refractivity contribution >= 4 is 34.9 Å². The van der Waals surface area contributed by atoms with Crippen LogP contribution in [0.3, 0.4) is 0 Å². The van der Waals surface area contributed by atoms with Crippen LogP contribution in [0.1, 0.15) is 18.2 Å². The molecule has 2 rings (SSSR count). The first-order chi connectivity index (χ1) is 9.08. The SMILES string of the molecule is CC(=O)O/N=C(/c1ccc(Cl)c(Cl)c1)c1ccco1. The number of rotatable bonds is 3. The van der Waals surface area contributed by atoms with Crippen LogP contribution in [0.2, 0.25) is 10.0 Å². The van der Waals surface area contributed by atoms with Crippen LogP contribution in [0, 0.1) is 0 Å². The zero-order valence-electron chi connectivity index (χ0n) is 9.89. The van der Waals surface area contributed by atoms with Gasteiger partial charge in [0.15, 0.2) is 11.5 Å². The van der Waals surface area contributed by atoms with Crippen molar-refractivity contribution in [2.24, 2.45) is 5.16 Å². The third-order valence-electron chi connectivity index (χ3n) is 2.21. The highest BCUT2D eigenvalue weighted by Gasteiger charge is 2.13. The van der Waals surface area contributed by atoms with Gasteiger partial charge in [-0.15, -0.1) is 0 Å². The summed E-state index contributed by atoms with van der Waals surface area (Å²) in [6.07, 6.45) is 1.50. The Balaban J connectivity index is 2.45. The van der Waals surface area contributed by atoms with Crippen LogP contribution in [0.5, 0.6) is 0 Å². The largest absolute Gasteiger partial charge is 0.463 e. The Hall–Kier alpha value is -1.78. The maximum Gasteiger partial charge on any atom is 0.332 e. The molecule has 0 amide bonds. The van der Waals surface area contributed by atoms with Gasteiger partial charge >= 0.3 is 5.97 Å². The lowest BCUT2D eigenvalue weighted by Gasteiger charge is -2.04. The van der Waals surface area contributed by atoms with E-state index in [0.29, 0.717) is 27.1 Å². The molecule has 0 aliphatic rings. The average molecular weight is 298 g/mol. The first kappa shape index (κ1) is 13.6. The number of hydrogen-bond acceptors (Lipinski definition) is 4. The molecule has 0 atom stereocenters. The van der Waals surface area contributed by atoms with Gasteiger partial charge in [-0.25, -0.2) is 4.79 Å².